The van der Waals surface area contributed by atoms with E-state index in [1.165, 1.54) is 12.7 Å². The number of carbonyl (C=O) groups is 1. The van der Waals surface area contributed by atoms with Crippen LogP contribution >= 0.6 is 0 Å². The first-order valence-corrected chi connectivity index (χ1v) is 4.43. The molecule has 98 valence electrons. The van der Waals surface area contributed by atoms with E-state index in [2.05, 4.69) is 16.9 Å². The summed E-state index contributed by atoms with van der Waals surface area (Å²) in [5.74, 6) is -0.129. The van der Waals surface area contributed by atoms with Crippen molar-refractivity contribution in [2.45, 2.75) is 19.3 Å². The summed E-state index contributed by atoms with van der Waals surface area (Å²) in [6.45, 7) is 0. The molecule has 1 aromatic carbocycles. The number of benzene rings is 1. The fourth-order valence-electron chi connectivity index (χ4n) is 1.18. The van der Waals surface area contributed by atoms with Gasteiger partial charge in [0, 0.05) is 48.6 Å². The summed E-state index contributed by atoms with van der Waals surface area (Å²) in [6, 6.07) is 10.1. The van der Waals surface area contributed by atoms with Gasteiger partial charge in [-0.25, -0.2) is 0 Å². The van der Waals surface area contributed by atoms with Crippen LogP contribution in [0.4, 0.5) is 0 Å². The summed E-state index contributed by atoms with van der Waals surface area (Å²) in [7, 11) is 1.42. The third-order valence-corrected chi connectivity index (χ3v) is 1.92. The first kappa shape index (κ1) is 21.4. The monoisotopic (exact) mass is 583 g/mol. The van der Waals surface area contributed by atoms with Gasteiger partial charge >= 0.3 is 5.97 Å². The molecule has 0 aromatic heterocycles. The average Bonchev–Trinajstić information content (AvgIpc) is 2.19. The minimum absolute atomic E-state index is 0. The molecule has 0 fully saturated rings. The van der Waals surface area contributed by atoms with Gasteiger partial charge in [0.1, 0.15) is 0 Å². The number of esters is 1. The second-order valence-electron chi connectivity index (χ2n) is 2.92. The molecule has 0 saturated carbocycles. The molecule has 0 aliphatic rings. The molecule has 0 N–H and O–H groups in total. The Bertz CT molecular complexity index is 263. The largest absolute Gasteiger partial charge is 0.469 e. The van der Waals surface area contributed by atoms with Crippen LogP contribution in [0.2, 0.25) is 0 Å². The van der Waals surface area contributed by atoms with Crippen LogP contribution in [0.25, 0.3) is 0 Å². The fraction of sp³-hybridized carbons (Fsp3) is 0.333. The molecule has 0 aliphatic carbocycles. The SMILES string of the molecule is COC(=O)CCCc1ccccc1.[CH3-].[Pt].[Pt]. The molecule has 1 rings (SSSR count). The van der Waals surface area contributed by atoms with Crippen molar-refractivity contribution in [3.05, 3.63) is 43.3 Å². The smallest absolute Gasteiger partial charge is 0.305 e. The van der Waals surface area contributed by atoms with Crippen molar-refractivity contribution in [2.24, 2.45) is 0 Å². The van der Waals surface area contributed by atoms with E-state index in [9.17, 15) is 4.79 Å². The topological polar surface area (TPSA) is 26.3 Å². The summed E-state index contributed by atoms with van der Waals surface area (Å²) in [5.41, 5.74) is 1.27. The number of rotatable bonds is 4. The van der Waals surface area contributed by atoms with Crippen molar-refractivity contribution in [1.82, 2.24) is 0 Å². The number of ether oxygens (including phenoxy) is 1. The second kappa shape index (κ2) is 13.1. The summed E-state index contributed by atoms with van der Waals surface area (Å²) >= 11 is 0. The number of hydrogen-bond donors (Lipinski definition) is 0. The molecule has 0 spiro atoms. The van der Waals surface area contributed by atoms with Gasteiger partial charge in [-0.2, -0.15) is 0 Å². The quantitative estimate of drug-likeness (QED) is 0.403. The Morgan fingerprint density at radius 3 is 2.25 bits per heavy atom. The van der Waals surface area contributed by atoms with Gasteiger partial charge in [0.2, 0.25) is 0 Å². The van der Waals surface area contributed by atoms with E-state index in [1.54, 1.807) is 0 Å². The molecule has 4 heteroatoms. The predicted octanol–water partition coefficient (Wildman–Crippen LogP) is 2.63. The first-order valence-electron chi connectivity index (χ1n) is 4.43. The molecular formula is C12H17O2Pt2-. The minimum Gasteiger partial charge on any atom is -0.469 e. The second-order valence-corrected chi connectivity index (χ2v) is 2.92. The van der Waals surface area contributed by atoms with Crippen LogP contribution in [0.3, 0.4) is 0 Å². The Morgan fingerprint density at radius 1 is 1.19 bits per heavy atom. The summed E-state index contributed by atoms with van der Waals surface area (Å²) in [6.07, 6.45) is 2.30. The first-order chi connectivity index (χ1) is 6.33. The molecule has 0 atom stereocenters. The zero-order chi connectivity index (χ0) is 9.52. The van der Waals surface area contributed by atoms with E-state index in [0.29, 0.717) is 6.42 Å². The van der Waals surface area contributed by atoms with Gasteiger partial charge in [0.15, 0.2) is 0 Å². The van der Waals surface area contributed by atoms with Crippen molar-refractivity contribution in [2.75, 3.05) is 7.11 Å². The van der Waals surface area contributed by atoms with Gasteiger partial charge in [-0.05, 0) is 18.4 Å². The Labute approximate surface area is 127 Å². The van der Waals surface area contributed by atoms with Crippen molar-refractivity contribution in [3.8, 4) is 0 Å². The van der Waals surface area contributed by atoms with E-state index in [1.807, 2.05) is 18.2 Å². The molecule has 1 aromatic rings. The Balaban J connectivity index is -0.000000563. The molecule has 0 radical (unpaired) electrons. The maximum absolute atomic E-state index is 10.8. The van der Waals surface area contributed by atoms with Crippen molar-refractivity contribution in [3.63, 3.8) is 0 Å². The van der Waals surface area contributed by atoms with Crippen LogP contribution in [-0.4, -0.2) is 13.1 Å². The maximum Gasteiger partial charge on any atom is 0.305 e. The molecule has 0 saturated heterocycles. The minimum atomic E-state index is -0.129. The zero-order valence-corrected chi connectivity index (χ0v) is 14.0. The number of methoxy groups -OCH3 is 1. The molecular weight excluding hydrogens is 566 g/mol. The standard InChI is InChI=1S/C11H14O2.CH3.2Pt/c1-13-11(12)9-5-8-10-6-3-2-4-7-10;;;/h2-4,6-7H,5,8-9H2,1H3;1H3;;/q;-1;;. The van der Waals surface area contributed by atoms with Crippen LogP contribution in [-0.2, 0) is 58.1 Å². The van der Waals surface area contributed by atoms with Crippen molar-refractivity contribution in [1.29, 1.82) is 0 Å². The van der Waals surface area contributed by atoms with Gasteiger partial charge in [0.05, 0.1) is 7.11 Å². The molecule has 16 heavy (non-hydrogen) atoms. The van der Waals surface area contributed by atoms with Gasteiger partial charge in [-0.1, -0.05) is 30.3 Å². The summed E-state index contributed by atoms with van der Waals surface area (Å²) < 4.78 is 4.55. The predicted molar refractivity (Wildman–Crippen MR) is 57.8 cm³/mol. The van der Waals surface area contributed by atoms with Gasteiger partial charge < -0.3 is 12.2 Å². The molecule has 0 aliphatic heterocycles. The van der Waals surface area contributed by atoms with Crippen LogP contribution in [0.15, 0.2) is 30.3 Å². The molecule has 0 amide bonds. The normalized spacial score (nSPS) is 7.81. The Hall–Kier alpha value is 0.0666. The van der Waals surface area contributed by atoms with E-state index in [0.717, 1.165) is 12.8 Å². The summed E-state index contributed by atoms with van der Waals surface area (Å²) in [4.78, 5) is 10.8. The molecule has 0 bridgehead atoms. The third kappa shape index (κ3) is 9.30. The van der Waals surface area contributed by atoms with Crippen LogP contribution in [0, 0.1) is 7.43 Å². The maximum atomic E-state index is 10.8. The van der Waals surface area contributed by atoms with Crippen LogP contribution in [0.1, 0.15) is 18.4 Å². The van der Waals surface area contributed by atoms with Gasteiger partial charge in [0.25, 0.3) is 0 Å². The zero-order valence-electron chi connectivity index (χ0n) is 9.46. The van der Waals surface area contributed by atoms with Gasteiger partial charge in [-0.15, -0.1) is 0 Å². The number of hydrogen-bond acceptors (Lipinski definition) is 2. The Kier molecular flexibility index (Phi) is 17.5. The van der Waals surface area contributed by atoms with E-state index < -0.39 is 0 Å². The van der Waals surface area contributed by atoms with E-state index in [-0.39, 0.29) is 55.5 Å². The number of aryl methyl sites for hydroxylation is 1. The summed E-state index contributed by atoms with van der Waals surface area (Å²) in [5, 5.41) is 0. The third-order valence-electron chi connectivity index (χ3n) is 1.92. The Morgan fingerprint density at radius 2 is 1.75 bits per heavy atom. The molecule has 2 nitrogen and oxygen atoms in total. The van der Waals surface area contributed by atoms with E-state index in [4.69, 9.17) is 0 Å². The van der Waals surface area contributed by atoms with E-state index >= 15 is 0 Å². The fourth-order valence-corrected chi connectivity index (χ4v) is 1.18. The van der Waals surface area contributed by atoms with Gasteiger partial charge in [-0.3, -0.25) is 4.79 Å². The van der Waals surface area contributed by atoms with Crippen LogP contribution < -0.4 is 0 Å². The van der Waals surface area contributed by atoms with Crippen molar-refractivity contribution < 1.29 is 51.7 Å². The molecule has 0 heterocycles. The van der Waals surface area contributed by atoms with Crippen LogP contribution in [0.5, 0.6) is 0 Å². The average molecular weight is 583 g/mol. The number of carbonyl (C=O) groups excluding carboxylic acids is 1. The molecule has 0 unspecified atom stereocenters. The van der Waals surface area contributed by atoms with Crippen molar-refractivity contribution >= 4 is 5.97 Å².